The molecule has 0 spiro atoms. The summed E-state index contributed by atoms with van der Waals surface area (Å²) in [7, 11) is 1.55. The minimum atomic E-state index is -0.329. The Morgan fingerprint density at radius 2 is 2.22 bits per heavy atom. The average Bonchev–Trinajstić information content (AvgIpc) is 2.33. The number of aromatic hydroxyl groups is 2. The Kier molecular flexibility index (Phi) is 5.20. The van der Waals surface area contributed by atoms with E-state index in [2.05, 4.69) is 6.58 Å². The van der Waals surface area contributed by atoms with Crippen LogP contribution in [0.25, 0.3) is 0 Å². The SMILES string of the molecule is C=CCN(CCOC)C(=O)c1ccc(O)cc1O. The van der Waals surface area contributed by atoms with Gasteiger partial charge in [0.25, 0.3) is 5.91 Å². The van der Waals surface area contributed by atoms with Gasteiger partial charge in [-0.2, -0.15) is 0 Å². The molecule has 1 amide bonds. The number of benzene rings is 1. The second kappa shape index (κ2) is 6.66. The Balaban J connectivity index is 2.90. The molecule has 0 atom stereocenters. The third-order valence-corrected chi connectivity index (χ3v) is 2.41. The third kappa shape index (κ3) is 3.49. The Labute approximate surface area is 106 Å². The van der Waals surface area contributed by atoms with Crippen LogP contribution in [0.5, 0.6) is 11.5 Å². The number of hydrogen-bond acceptors (Lipinski definition) is 4. The minimum Gasteiger partial charge on any atom is -0.508 e. The second-order valence-electron chi connectivity index (χ2n) is 3.73. The summed E-state index contributed by atoms with van der Waals surface area (Å²) in [4.78, 5) is 13.7. The lowest BCUT2D eigenvalue weighted by molar-refractivity contribution is 0.0715. The van der Waals surface area contributed by atoms with Gasteiger partial charge >= 0.3 is 0 Å². The predicted octanol–water partition coefficient (Wildman–Crippen LogP) is 1.37. The molecule has 1 rings (SSSR count). The molecule has 1 aromatic rings. The first-order valence-corrected chi connectivity index (χ1v) is 5.51. The highest BCUT2D eigenvalue weighted by molar-refractivity contribution is 5.97. The van der Waals surface area contributed by atoms with Crippen molar-refractivity contribution < 1.29 is 19.7 Å². The van der Waals surface area contributed by atoms with Crippen molar-refractivity contribution in [1.82, 2.24) is 4.90 Å². The van der Waals surface area contributed by atoms with Gasteiger partial charge in [-0.1, -0.05) is 6.08 Å². The van der Waals surface area contributed by atoms with Crippen LogP contribution in [-0.2, 0) is 4.74 Å². The van der Waals surface area contributed by atoms with Crippen molar-refractivity contribution in [3.8, 4) is 11.5 Å². The van der Waals surface area contributed by atoms with E-state index in [1.54, 1.807) is 13.2 Å². The standard InChI is InChI=1S/C13H17NO4/c1-3-6-14(7-8-18-2)13(17)11-5-4-10(15)9-12(11)16/h3-5,9,15-16H,1,6-8H2,2H3. The monoisotopic (exact) mass is 251 g/mol. The number of rotatable bonds is 6. The lowest BCUT2D eigenvalue weighted by Gasteiger charge is -2.21. The number of methoxy groups -OCH3 is 1. The predicted molar refractivity (Wildman–Crippen MR) is 67.7 cm³/mol. The highest BCUT2D eigenvalue weighted by Gasteiger charge is 2.18. The van der Waals surface area contributed by atoms with Crippen LogP contribution in [0.15, 0.2) is 30.9 Å². The molecule has 0 heterocycles. The lowest BCUT2D eigenvalue weighted by atomic mass is 10.1. The number of nitrogens with zero attached hydrogens (tertiary/aromatic N) is 1. The van der Waals surface area contributed by atoms with E-state index in [9.17, 15) is 15.0 Å². The molecule has 5 heteroatoms. The van der Waals surface area contributed by atoms with Gasteiger partial charge in [0.2, 0.25) is 0 Å². The van der Waals surface area contributed by atoms with Crippen molar-refractivity contribution in [2.75, 3.05) is 26.8 Å². The number of phenols is 2. The Morgan fingerprint density at radius 1 is 1.50 bits per heavy atom. The minimum absolute atomic E-state index is 0.0868. The van der Waals surface area contributed by atoms with E-state index in [4.69, 9.17) is 4.74 Å². The summed E-state index contributed by atoms with van der Waals surface area (Å²) >= 11 is 0. The average molecular weight is 251 g/mol. The highest BCUT2D eigenvalue weighted by atomic mass is 16.5. The topological polar surface area (TPSA) is 70.0 Å². The van der Waals surface area contributed by atoms with Crippen molar-refractivity contribution in [1.29, 1.82) is 0 Å². The van der Waals surface area contributed by atoms with Gasteiger partial charge in [0.05, 0.1) is 12.2 Å². The Morgan fingerprint density at radius 3 is 2.78 bits per heavy atom. The first kappa shape index (κ1) is 14.1. The molecule has 0 bridgehead atoms. The van der Waals surface area contributed by atoms with E-state index < -0.39 is 0 Å². The molecule has 0 aliphatic heterocycles. The number of carbonyl (C=O) groups excluding carboxylic acids is 1. The molecular formula is C13H17NO4. The van der Waals surface area contributed by atoms with Gasteiger partial charge in [0.1, 0.15) is 11.5 Å². The van der Waals surface area contributed by atoms with Gasteiger partial charge in [-0.15, -0.1) is 6.58 Å². The molecule has 0 aliphatic rings. The highest BCUT2D eigenvalue weighted by Crippen LogP contribution is 2.23. The summed E-state index contributed by atoms with van der Waals surface area (Å²) in [6.07, 6.45) is 1.60. The summed E-state index contributed by atoms with van der Waals surface area (Å²) in [5.41, 5.74) is 0.144. The summed E-state index contributed by atoms with van der Waals surface area (Å²) < 4.78 is 4.92. The summed E-state index contributed by atoms with van der Waals surface area (Å²) in [6, 6.07) is 3.88. The zero-order valence-electron chi connectivity index (χ0n) is 10.3. The number of carbonyl (C=O) groups is 1. The van der Waals surface area contributed by atoms with Crippen molar-refractivity contribution in [2.45, 2.75) is 0 Å². The molecule has 0 unspecified atom stereocenters. The molecule has 0 saturated heterocycles. The van der Waals surface area contributed by atoms with E-state index in [0.29, 0.717) is 19.7 Å². The largest absolute Gasteiger partial charge is 0.508 e. The fourth-order valence-electron chi connectivity index (χ4n) is 1.50. The zero-order valence-corrected chi connectivity index (χ0v) is 10.3. The molecule has 1 aromatic carbocycles. The van der Waals surface area contributed by atoms with Gasteiger partial charge in [-0.25, -0.2) is 0 Å². The molecule has 0 aliphatic carbocycles. The van der Waals surface area contributed by atoms with Gasteiger partial charge in [0.15, 0.2) is 0 Å². The molecule has 0 saturated carbocycles. The zero-order chi connectivity index (χ0) is 13.5. The maximum absolute atomic E-state index is 12.2. The van der Waals surface area contributed by atoms with E-state index in [-0.39, 0.29) is 23.0 Å². The van der Waals surface area contributed by atoms with Crippen LogP contribution in [0.4, 0.5) is 0 Å². The lowest BCUT2D eigenvalue weighted by Crippen LogP contribution is -2.34. The smallest absolute Gasteiger partial charge is 0.257 e. The molecule has 0 aromatic heterocycles. The van der Waals surface area contributed by atoms with Crippen molar-refractivity contribution >= 4 is 5.91 Å². The molecule has 98 valence electrons. The molecule has 18 heavy (non-hydrogen) atoms. The van der Waals surface area contributed by atoms with E-state index in [1.165, 1.54) is 17.0 Å². The third-order valence-electron chi connectivity index (χ3n) is 2.41. The second-order valence-corrected chi connectivity index (χ2v) is 3.73. The van der Waals surface area contributed by atoms with E-state index >= 15 is 0 Å². The van der Waals surface area contributed by atoms with Gasteiger partial charge in [-0.3, -0.25) is 4.79 Å². The summed E-state index contributed by atoms with van der Waals surface area (Å²) in [5.74, 6) is -0.660. The van der Waals surface area contributed by atoms with Crippen LogP contribution in [0, 0.1) is 0 Å². The molecule has 2 N–H and O–H groups in total. The van der Waals surface area contributed by atoms with Crippen molar-refractivity contribution in [3.63, 3.8) is 0 Å². The number of ether oxygens (including phenoxy) is 1. The van der Waals surface area contributed by atoms with Gasteiger partial charge in [-0.05, 0) is 12.1 Å². The van der Waals surface area contributed by atoms with Crippen LogP contribution in [0.1, 0.15) is 10.4 Å². The number of hydrogen-bond donors (Lipinski definition) is 2. The maximum atomic E-state index is 12.2. The molecule has 5 nitrogen and oxygen atoms in total. The van der Waals surface area contributed by atoms with Crippen molar-refractivity contribution in [3.05, 3.63) is 36.4 Å². The van der Waals surface area contributed by atoms with Crippen LogP contribution >= 0.6 is 0 Å². The summed E-state index contributed by atoms with van der Waals surface area (Å²) in [6.45, 7) is 4.75. The van der Waals surface area contributed by atoms with Crippen LogP contribution in [0.3, 0.4) is 0 Å². The quantitative estimate of drug-likeness (QED) is 0.749. The summed E-state index contributed by atoms with van der Waals surface area (Å²) in [5, 5.41) is 18.8. The van der Waals surface area contributed by atoms with Crippen molar-refractivity contribution in [2.24, 2.45) is 0 Å². The first-order chi connectivity index (χ1) is 8.60. The molecular weight excluding hydrogens is 234 g/mol. The van der Waals surface area contributed by atoms with Crippen LogP contribution < -0.4 is 0 Å². The fourth-order valence-corrected chi connectivity index (χ4v) is 1.50. The van der Waals surface area contributed by atoms with Crippen LogP contribution in [0.2, 0.25) is 0 Å². The van der Waals surface area contributed by atoms with E-state index in [1.807, 2.05) is 0 Å². The van der Waals surface area contributed by atoms with E-state index in [0.717, 1.165) is 6.07 Å². The van der Waals surface area contributed by atoms with Crippen LogP contribution in [-0.4, -0.2) is 47.8 Å². The van der Waals surface area contributed by atoms with Gasteiger partial charge < -0.3 is 19.8 Å². The Hall–Kier alpha value is -2.01. The maximum Gasteiger partial charge on any atom is 0.257 e. The first-order valence-electron chi connectivity index (χ1n) is 5.51. The van der Waals surface area contributed by atoms with Gasteiger partial charge in [0, 0.05) is 26.3 Å². The molecule has 0 radical (unpaired) electrons. The Bertz CT molecular complexity index is 431. The number of amides is 1. The normalized spacial score (nSPS) is 10.1. The molecule has 0 fully saturated rings. The fraction of sp³-hybridized carbons (Fsp3) is 0.308. The number of phenolic OH excluding ortho intramolecular Hbond substituents is 2.